The fourth-order valence-electron chi connectivity index (χ4n) is 4.32. The number of anilines is 2. The van der Waals surface area contributed by atoms with Crippen LogP contribution in [0.15, 0.2) is 53.7 Å². The number of amides is 2. The molecule has 8 heteroatoms. The number of nitrogens with one attached hydrogen (secondary N) is 1. The van der Waals surface area contributed by atoms with E-state index in [1.165, 1.54) is 24.8 Å². The van der Waals surface area contributed by atoms with Gasteiger partial charge in [0.15, 0.2) is 12.4 Å². The van der Waals surface area contributed by atoms with Crippen LogP contribution in [0.2, 0.25) is 0 Å². The third-order valence-corrected chi connectivity index (χ3v) is 5.98. The minimum absolute atomic E-state index is 0.0628. The third-order valence-electron chi connectivity index (χ3n) is 5.98. The topological polar surface area (TPSA) is 100 Å². The summed E-state index contributed by atoms with van der Waals surface area (Å²) in [6.07, 6.45) is 5.15. The Balaban J connectivity index is 1.32. The molecule has 0 saturated carbocycles. The largest absolute Gasteiger partial charge is 0.384 e. The van der Waals surface area contributed by atoms with Crippen LogP contribution in [-0.2, 0) is 21.0 Å². The number of nitrogens with two attached hydrogens (primary N) is 1. The van der Waals surface area contributed by atoms with Crippen molar-refractivity contribution in [2.75, 3.05) is 36.5 Å². The number of likely N-dealkylation sites (tertiary alicyclic amines) is 1. The van der Waals surface area contributed by atoms with Crippen molar-refractivity contribution in [3.63, 3.8) is 0 Å². The van der Waals surface area contributed by atoms with E-state index in [1.807, 2.05) is 36.4 Å². The molecule has 0 spiro atoms. The molecule has 4 rings (SSSR count). The van der Waals surface area contributed by atoms with Gasteiger partial charge in [-0.25, -0.2) is 0 Å². The van der Waals surface area contributed by atoms with Gasteiger partial charge in [-0.2, -0.15) is 0 Å². The Labute approximate surface area is 194 Å². The molecule has 0 bridgehead atoms. The lowest BCUT2D eigenvalue weighted by Crippen LogP contribution is -2.29. The van der Waals surface area contributed by atoms with Crippen LogP contribution in [0.25, 0.3) is 0 Å². The van der Waals surface area contributed by atoms with Gasteiger partial charge >= 0.3 is 0 Å². The van der Waals surface area contributed by atoms with Crippen LogP contribution in [0.4, 0.5) is 11.4 Å². The van der Waals surface area contributed by atoms with E-state index in [0.29, 0.717) is 24.3 Å². The van der Waals surface area contributed by atoms with Crippen LogP contribution < -0.4 is 16.0 Å². The molecule has 2 fully saturated rings. The summed E-state index contributed by atoms with van der Waals surface area (Å²) in [5, 5.41) is 6.73. The molecule has 2 amide bonds. The maximum Gasteiger partial charge on any atom is 0.265 e. The van der Waals surface area contributed by atoms with Crippen molar-refractivity contribution in [3.05, 3.63) is 59.7 Å². The summed E-state index contributed by atoms with van der Waals surface area (Å²) in [4.78, 5) is 33.9. The van der Waals surface area contributed by atoms with E-state index in [9.17, 15) is 9.59 Å². The Morgan fingerprint density at radius 2 is 1.85 bits per heavy atom. The van der Waals surface area contributed by atoms with E-state index in [1.54, 1.807) is 11.0 Å². The van der Waals surface area contributed by atoms with E-state index < -0.39 is 0 Å². The Hall–Kier alpha value is -3.39. The minimum Gasteiger partial charge on any atom is -0.384 e. The molecule has 2 aromatic carbocycles. The molecule has 2 aromatic rings. The first-order valence-electron chi connectivity index (χ1n) is 11.6. The second-order valence-corrected chi connectivity index (χ2v) is 8.50. The first-order valence-corrected chi connectivity index (χ1v) is 11.6. The summed E-state index contributed by atoms with van der Waals surface area (Å²) >= 11 is 0. The van der Waals surface area contributed by atoms with Gasteiger partial charge in [-0.1, -0.05) is 41.9 Å². The molecule has 2 aliphatic heterocycles. The molecule has 8 nitrogen and oxygen atoms in total. The fraction of sp³-hybridized carbons (Fsp3) is 0.400. The Kier molecular flexibility index (Phi) is 7.57. The Bertz CT molecular complexity index is 1020. The molecule has 174 valence electrons. The summed E-state index contributed by atoms with van der Waals surface area (Å²) in [6.45, 7) is 3.52. The smallest absolute Gasteiger partial charge is 0.265 e. The SMILES string of the molecule is N/C(=N/OCC(=O)Nc1ccccc1N1CCCC1=O)c1cccc(CN2CCCCC2)c1. The van der Waals surface area contributed by atoms with Gasteiger partial charge in [0, 0.05) is 25.1 Å². The van der Waals surface area contributed by atoms with Crippen molar-refractivity contribution in [1.29, 1.82) is 0 Å². The van der Waals surface area contributed by atoms with E-state index in [2.05, 4.69) is 21.4 Å². The molecule has 33 heavy (non-hydrogen) atoms. The van der Waals surface area contributed by atoms with Crippen molar-refractivity contribution in [3.8, 4) is 0 Å². The molecule has 0 unspecified atom stereocenters. The van der Waals surface area contributed by atoms with Crippen molar-refractivity contribution in [2.45, 2.75) is 38.6 Å². The van der Waals surface area contributed by atoms with Gasteiger partial charge in [-0.15, -0.1) is 0 Å². The van der Waals surface area contributed by atoms with Crippen molar-refractivity contribution in [1.82, 2.24) is 4.90 Å². The highest BCUT2D eigenvalue weighted by molar-refractivity contribution is 6.02. The number of oxime groups is 1. The van der Waals surface area contributed by atoms with E-state index in [0.717, 1.165) is 31.6 Å². The molecule has 0 radical (unpaired) electrons. The standard InChI is InChI=1S/C25H31N5O3/c26-25(20-9-6-8-19(16-20)17-29-13-4-1-5-14-29)28-33-18-23(31)27-21-10-2-3-11-22(21)30-15-7-12-24(30)32/h2-3,6,8-11,16H,1,4-5,7,12-15,17-18H2,(H2,26,28)(H,27,31). The molecule has 2 aliphatic rings. The van der Waals surface area contributed by atoms with Crippen LogP contribution in [0, 0.1) is 0 Å². The van der Waals surface area contributed by atoms with Gasteiger partial charge in [-0.05, 0) is 56.1 Å². The normalized spacial score (nSPS) is 17.3. The Morgan fingerprint density at radius 3 is 2.64 bits per heavy atom. The van der Waals surface area contributed by atoms with Crippen LogP contribution in [0.3, 0.4) is 0 Å². The third kappa shape index (κ3) is 6.10. The lowest BCUT2D eigenvalue weighted by atomic mass is 10.1. The zero-order valence-electron chi connectivity index (χ0n) is 18.8. The van der Waals surface area contributed by atoms with Crippen LogP contribution >= 0.6 is 0 Å². The minimum atomic E-state index is -0.371. The summed E-state index contributed by atoms with van der Waals surface area (Å²) in [5.41, 5.74) is 9.31. The maximum absolute atomic E-state index is 12.4. The maximum atomic E-state index is 12.4. The first kappa shape index (κ1) is 22.8. The van der Waals surface area contributed by atoms with E-state index in [-0.39, 0.29) is 24.3 Å². The summed E-state index contributed by atoms with van der Waals surface area (Å²) in [6, 6.07) is 15.2. The summed E-state index contributed by atoms with van der Waals surface area (Å²) < 4.78 is 0. The molecule has 3 N–H and O–H groups in total. The number of piperidine rings is 1. The number of carbonyl (C=O) groups is 2. The lowest BCUT2D eigenvalue weighted by Gasteiger charge is -2.26. The molecule has 0 atom stereocenters. The second kappa shape index (κ2) is 11.0. The van der Waals surface area contributed by atoms with Crippen molar-refractivity contribution >= 4 is 29.0 Å². The van der Waals surface area contributed by atoms with Gasteiger partial charge in [-0.3, -0.25) is 14.5 Å². The highest BCUT2D eigenvalue weighted by Gasteiger charge is 2.24. The van der Waals surface area contributed by atoms with Gasteiger partial charge < -0.3 is 20.8 Å². The number of para-hydroxylation sites is 2. The van der Waals surface area contributed by atoms with E-state index in [4.69, 9.17) is 10.6 Å². The molecule has 0 aliphatic carbocycles. The van der Waals surface area contributed by atoms with Crippen molar-refractivity contribution < 1.29 is 14.4 Å². The molecule has 2 heterocycles. The number of carbonyl (C=O) groups excluding carboxylic acids is 2. The number of hydrogen-bond donors (Lipinski definition) is 2. The molecule has 0 aromatic heterocycles. The monoisotopic (exact) mass is 449 g/mol. The highest BCUT2D eigenvalue weighted by Crippen LogP contribution is 2.29. The van der Waals surface area contributed by atoms with Crippen molar-refractivity contribution in [2.24, 2.45) is 10.9 Å². The van der Waals surface area contributed by atoms with Gasteiger partial charge in [0.2, 0.25) is 5.91 Å². The number of hydrogen-bond acceptors (Lipinski definition) is 5. The number of nitrogens with zero attached hydrogens (tertiary/aromatic N) is 3. The van der Waals surface area contributed by atoms with Crippen LogP contribution in [-0.4, -0.2) is 48.8 Å². The lowest BCUT2D eigenvalue weighted by molar-refractivity contribution is -0.120. The molecular weight excluding hydrogens is 418 g/mol. The predicted octanol–water partition coefficient (Wildman–Crippen LogP) is 3.07. The average Bonchev–Trinajstić information content (AvgIpc) is 3.26. The van der Waals surface area contributed by atoms with Gasteiger partial charge in [0.1, 0.15) is 0 Å². The Morgan fingerprint density at radius 1 is 1.03 bits per heavy atom. The summed E-state index contributed by atoms with van der Waals surface area (Å²) in [7, 11) is 0. The zero-order valence-corrected chi connectivity index (χ0v) is 18.8. The van der Waals surface area contributed by atoms with E-state index >= 15 is 0 Å². The number of amidine groups is 1. The van der Waals surface area contributed by atoms with Crippen LogP contribution in [0.1, 0.15) is 43.2 Å². The number of rotatable bonds is 8. The highest BCUT2D eigenvalue weighted by atomic mass is 16.6. The second-order valence-electron chi connectivity index (χ2n) is 8.50. The first-order chi connectivity index (χ1) is 16.1. The zero-order chi connectivity index (χ0) is 23.0. The van der Waals surface area contributed by atoms with Gasteiger partial charge in [0.05, 0.1) is 11.4 Å². The fourth-order valence-corrected chi connectivity index (χ4v) is 4.32. The molecule has 2 saturated heterocycles. The summed E-state index contributed by atoms with van der Waals surface area (Å²) in [5.74, 6) is -0.0799. The average molecular weight is 450 g/mol. The molecular formula is C25H31N5O3. The van der Waals surface area contributed by atoms with Crippen LogP contribution in [0.5, 0.6) is 0 Å². The quantitative estimate of drug-likeness (QED) is 0.367. The predicted molar refractivity (Wildman–Crippen MR) is 129 cm³/mol. The van der Waals surface area contributed by atoms with Gasteiger partial charge in [0.25, 0.3) is 5.91 Å². The number of benzene rings is 2.